The van der Waals surface area contributed by atoms with E-state index in [1.165, 1.54) is 5.57 Å². The molecule has 0 amide bonds. The molecule has 0 saturated heterocycles. The Bertz CT molecular complexity index is 325. The minimum atomic E-state index is 0.274. The Balaban J connectivity index is 2.27. The largest absolute Gasteiger partial charge is 0.370 e. The summed E-state index contributed by atoms with van der Waals surface area (Å²) in [4.78, 5) is 7.84. The van der Waals surface area contributed by atoms with Gasteiger partial charge in [-0.2, -0.15) is 0 Å². The van der Waals surface area contributed by atoms with Crippen LogP contribution in [0.1, 0.15) is 12.8 Å². The lowest BCUT2D eigenvalue weighted by Crippen LogP contribution is -2.41. The van der Waals surface area contributed by atoms with E-state index < -0.39 is 0 Å². The third kappa shape index (κ3) is 4.30. The van der Waals surface area contributed by atoms with Gasteiger partial charge in [-0.1, -0.05) is 23.8 Å². The normalized spacial score (nSPS) is 16.7. The van der Waals surface area contributed by atoms with Gasteiger partial charge in [0.05, 0.1) is 0 Å². The molecule has 5 N–H and O–H groups in total. The van der Waals surface area contributed by atoms with E-state index in [-0.39, 0.29) is 5.96 Å². The van der Waals surface area contributed by atoms with Crippen molar-refractivity contribution in [2.45, 2.75) is 12.8 Å². The molecule has 0 heterocycles. The molecule has 5 heteroatoms. The van der Waals surface area contributed by atoms with Crippen LogP contribution in [0.5, 0.6) is 0 Å². The molecule has 0 unspecified atom stereocenters. The minimum absolute atomic E-state index is 0.274. The summed E-state index contributed by atoms with van der Waals surface area (Å²) >= 11 is 0. The van der Waals surface area contributed by atoms with Crippen LogP contribution in [0.3, 0.4) is 0 Å². The number of aliphatic imine (C=N–C) groups is 2. The molecular formula is C10H17N5. The summed E-state index contributed by atoms with van der Waals surface area (Å²) in [6, 6.07) is 0. The Morgan fingerprint density at radius 3 is 2.87 bits per heavy atom. The first-order valence-corrected chi connectivity index (χ1v) is 4.87. The number of nitrogens with two attached hydrogens (primary N) is 2. The molecule has 0 spiro atoms. The van der Waals surface area contributed by atoms with E-state index in [4.69, 9.17) is 11.5 Å². The average Bonchev–Trinajstić information content (AvgIpc) is 2.70. The molecule has 15 heavy (non-hydrogen) atoms. The maximum atomic E-state index is 5.58. The Morgan fingerprint density at radius 2 is 2.27 bits per heavy atom. The fourth-order valence-corrected chi connectivity index (χ4v) is 1.22. The van der Waals surface area contributed by atoms with Crippen LogP contribution >= 0.6 is 0 Å². The van der Waals surface area contributed by atoms with E-state index in [1.807, 2.05) is 0 Å². The van der Waals surface area contributed by atoms with Crippen LogP contribution in [-0.4, -0.2) is 25.5 Å². The zero-order chi connectivity index (χ0) is 11.1. The van der Waals surface area contributed by atoms with Crippen molar-refractivity contribution in [3.8, 4) is 0 Å². The Hall–Kier alpha value is -1.78. The molecular weight excluding hydrogens is 190 g/mol. The van der Waals surface area contributed by atoms with Crippen LogP contribution in [0.2, 0.25) is 0 Å². The summed E-state index contributed by atoms with van der Waals surface area (Å²) in [5.74, 6) is 0.580. The number of allylic oxidation sites excluding steroid dienone is 3. The van der Waals surface area contributed by atoms with Gasteiger partial charge >= 0.3 is 0 Å². The quantitative estimate of drug-likeness (QED) is 0.453. The van der Waals surface area contributed by atoms with Crippen molar-refractivity contribution in [2.24, 2.45) is 21.5 Å². The molecule has 0 radical (unpaired) electrons. The summed E-state index contributed by atoms with van der Waals surface area (Å²) in [7, 11) is 1.59. The minimum Gasteiger partial charge on any atom is -0.370 e. The molecule has 0 fully saturated rings. The molecule has 0 aromatic heterocycles. The highest BCUT2D eigenvalue weighted by Gasteiger charge is 1.97. The molecule has 1 aliphatic rings. The second kappa shape index (κ2) is 5.85. The summed E-state index contributed by atoms with van der Waals surface area (Å²) < 4.78 is 0. The predicted octanol–water partition coefficient (Wildman–Crippen LogP) is 0.112. The van der Waals surface area contributed by atoms with Gasteiger partial charge in [0.25, 0.3) is 0 Å². The van der Waals surface area contributed by atoms with Crippen molar-refractivity contribution < 1.29 is 0 Å². The van der Waals surface area contributed by atoms with E-state index >= 15 is 0 Å². The van der Waals surface area contributed by atoms with Crippen molar-refractivity contribution in [3.63, 3.8) is 0 Å². The summed E-state index contributed by atoms with van der Waals surface area (Å²) in [5.41, 5.74) is 12.3. The van der Waals surface area contributed by atoms with Crippen molar-refractivity contribution in [1.82, 2.24) is 5.32 Å². The lowest BCUT2D eigenvalue weighted by atomic mass is 10.2. The molecule has 0 aliphatic heterocycles. The maximum Gasteiger partial charge on any atom is 0.195 e. The van der Waals surface area contributed by atoms with Crippen LogP contribution < -0.4 is 16.8 Å². The number of nitrogens with zero attached hydrogens (tertiary/aromatic N) is 2. The molecule has 0 saturated carbocycles. The van der Waals surface area contributed by atoms with Crippen LogP contribution in [-0.2, 0) is 0 Å². The molecule has 5 nitrogen and oxygen atoms in total. The molecule has 0 aromatic carbocycles. The lowest BCUT2D eigenvalue weighted by molar-refractivity contribution is 0.960. The van der Waals surface area contributed by atoms with E-state index in [2.05, 4.69) is 33.5 Å². The highest BCUT2D eigenvalue weighted by molar-refractivity contribution is 5.96. The van der Waals surface area contributed by atoms with E-state index in [9.17, 15) is 0 Å². The van der Waals surface area contributed by atoms with Gasteiger partial charge < -0.3 is 11.5 Å². The fraction of sp³-hybridized carbons (Fsp3) is 0.400. The molecule has 0 atom stereocenters. The third-order valence-electron chi connectivity index (χ3n) is 2.03. The second-order valence-corrected chi connectivity index (χ2v) is 3.17. The lowest BCUT2D eigenvalue weighted by Gasteiger charge is -2.03. The second-order valence-electron chi connectivity index (χ2n) is 3.17. The average molecular weight is 207 g/mol. The molecule has 1 aliphatic carbocycles. The fourth-order valence-electron chi connectivity index (χ4n) is 1.22. The van der Waals surface area contributed by atoms with Gasteiger partial charge in [-0.15, -0.1) is 0 Å². The van der Waals surface area contributed by atoms with Crippen LogP contribution in [0.4, 0.5) is 0 Å². The predicted molar refractivity (Wildman–Crippen MR) is 63.6 cm³/mol. The van der Waals surface area contributed by atoms with Crippen LogP contribution in [0, 0.1) is 0 Å². The molecule has 0 bridgehead atoms. The third-order valence-corrected chi connectivity index (χ3v) is 2.03. The van der Waals surface area contributed by atoms with Gasteiger partial charge in [0, 0.05) is 13.6 Å². The monoisotopic (exact) mass is 207 g/mol. The first kappa shape index (κ1) is 11.3. The standard InChI is InChI=1S/C10H17N5/c1-13-9(11)15-10(12)14-7-6-8-4-2-3-5-8/h2,4-5H,3,6-7H2,1H3,(H5,11,12,13,14,15). The van der Waals surface area contributed by atoms with Gasteiger partial charge in [-0.05, 0) is 12.8 Å². The Morgan fingerprint density at radius 1 is 1.47 bits per heavy atom. The number of nitrogens with one attached hydrogen (secondary N) is 1. The van der Waals surface area contributed by atoms with Crippen molar-refractivity contribution in [1.29, 1.82) is 0 Å². The van der Waals surface area contributed by atoms with E-state index in [0.29, 0.717) is 12.5 Å². The Kier molecular flexibility index (Phi) is 4.40. The number of guanidine groups is 2. The summed E-state index contributed by atoms with van der Waals surface area (Å²) in [6.45, 7) is 0.659. The number of rotatable bonds is 3. The number of hydrogen-bond donors (Lipinski definition) is 3. The van der Waals surface area contributed by atoms with Crippen LogP contribution in [0.25, 0.3) is 0 Å². The van der Waals surface area contributed by atoms with E-state index in [1.54, 1.807) is 7.05 Å². The highest BCUT2D eigenvalue weighted by Crippen LogP contribution is 2.11. The van der Waals surface area contributed by atoms with Gasteiger partial charge in [-0.25, -0.2) is 0 Å². The summed E-state index contributed by atoms with van der Waals surface area (Å²) in [5, 5.41) is 2.67. The molecule has 0 aromatic rings. The van der Waals surface area contributed by atoms with Gasteiger partial charge in [0.15, 0.2) is 11.9 Å². The SMILES string of the molecule is CN=C(N)NC(N)=NCCC1=CCC=C1. The maximum absolute atomic E-state index is 5.58. The topological polar surface area (TPSA) is 88.8 Å². The zero-order valence-electron chi connectivity index (χ0n) is 8.90. The van der Waals surface area contributed by atoms with E-state index in [0.717, 1.165) is 12.8 Å². The van der Waals surface area contributed by atoms with Gasteiger partial charge in [0.2, 0.25) is 0 Å². The van der Waals surface area contributed by atoms with Crippen molar-refractivity contribution in [2.75, 3.05) is 13.6 Å². The van der Waals surface area contributed by atoms with Crippen molar-refractivity contribution >= 4 is 11.9 Å². The molecule has 1 rings (SSSR count). The smallest absolute Gasteiger partial charge is 0.195 e. The molecule has 82 valence electrons. The number of hydrogen-bond acceptors (Lipinski definition) is 2. The Labute approximate surface area is 89.7 Å². The van der Waals surface area contributed by atoms with Gasteiger partial charge in [-0.3, -0.25) is 15.3 Å². The first-order valence-electron chi connectivity index (χ1n) is 4.87. The zero-order valence-corrected chi connectivity index (χ0v) is 8.90. The van der Waals surface area contributed by atoms with Gasteiger partial charge in [0.1, 0.15) is 0 Å². The van der Waals surface area contributed by atoms with Crippen LogP contribution in [0.15, 0.2) is 33.8 Å². The first-order chi connectivity index (χ1) is 7.22. The van der Waals surface area contributed by atoms with Crippen molar-refractivity contribution in [3.05, 3.63) is 23.8 Å². The summed E-state index contributed by atoms with van der Waals surface area (Å²) in [6.07, 6.45) is 8.36. The highest BCUT2D eigenvalue weighted by atomic mass is 15.2.